The van der Waals surface area contributed by atoms with Crippen molar-refractivity contribution in [3.8, 4) is 0 Å². The van der Waals surface area contributed by atoms with Crippen molar-refractivity contribution in [2.24, 2.45) is 7.05 Å². The van der Waals surface area contributed by atoms with E-state index in [9.17, 15) is 8.78 Å². The minimum atomic E-state index is -0.570. The second-order valence-corrected chi connectivity index (χ2v) is 3.93. The Morgan fingerprint density at radius 1 is 1.17 bits per heavy atom. The molecular weight excluding hydrogens is 260 g/mol. The van der Waals surface area contributed by atoms with Gasteiger partial charge in [-0.25, -0.2) is 8.78 Å². The number of hydrogen-bond donors (Lipinski definition) is 1. The van der Waals surface area contributed by atoms with E-state index in [1.165, 1.54) is 12.1 Å². The molecule has 18 heavy (non-hydrogen) atoms. The molecule has 0 bridgehead atoms. The molecule has 1 aromatic carbocycles. The number of hydrogen-bond acceptors (Lipinski definition) is 2. The summed E-state index contributed by atoms with van der Waals surface area (Å²) in [5, 5.41) is 7.20. The van der Waals surface area contributed by atoms with Crippen LogP contribution in [0.1, 0.15) is 11.3 Å². The highest BCUT2D eigenvalue weighted by Crippen LogP contribution is 2.11. The van der Waals surface area contributed by atoms with Crippen molar-refractivity contribution in [1.29, 1.82) is 0 Å². The van der Waals surface area contributed by atoms with Crippen LogP contribution in [0.5, 0.6) is 0 Å². The van der Waals surface area contributed by atoms with Crippen molar-refractivity contribution in [2.45, 2.75) is 13.5 Å². The first kappa shape index (κ1) is 14.4. The lowest BCUT2D eigenvalue weighted by atomic mass is 10.2. The van der Waals surface area contributed by atoms with Gasteiger partial charge < -0.3 is 5.32 Å². The van der Waals surface area contributed by atoms with Crippen molar-refractivity contribution < 1.29 is 8.78 Å². The lowest BCUT2D eigenvalue weighted by molar-refractivity contribution is 0.580. The monoisotopic (exact) mass is 273 g/mol. The average Bonchev–Trinajstić information content (AvgIpc) is 2.54. The number of halogens is 3. The fourth-order valence-corrected chi connectivity index (χ4v) is 1.55. The molecule has 0 saturated carbocycles. The quantitative estimate of drug-likeness (QED) is 0.932. The summed E-state index contributed by atoms with van der Waals surface area (Å²) in [6, 6.07) is 5.32. The van der Waals surface area contributed by atoms with Gasteiger partial charge in [0, 0.05) is 31.4 Å². The summed E-state index contributed by atoms with van der Waals surface area (Å²) in [4.78, 5) is 0. The molecule has 0 unspecified atom stereocenters. The largest absolute Gasteiger partial charge is 0.365 e. The molecule has 1 aromatic heterocycles. The molecule has 1 heterocycles. The van der Waals surface area contributed by atoms with Crippen molar-refractivity contribution in [2.75, 3.05) is 5.32 Å². The van der Waals surface area contributed by atoms with E-state index in [0.717, 1.165) is 11.8 Å². The van der Waals surface area contributed by atoms with Gasteiger partial charge in [-0.3, -0.25) is 4.68 Å². The summed E-state index contributed by atoms with van der Waals surface area (Å²) in [6.45, 7) is 2.27. The van der Waals surface area contributed by atoms with Crippen LogP contribution in [0.2, 0.25) is 0 Å². The standard InChI is InChI=1S/C12H13F2N3.ClH/c1-8-3-12(16-17(8)2)15-7-9-4-10(13)6-11(14)5-9;/h3-6H,7H2,1-2H3,(H,15,16);1H. The fraction of sp³-hybridized carbons (Fsp3) is 0.250. The van der Waals surface area contributed by atoms with Gasteiger partial charge in [-0.2, -0.15) is 5.10 Å². The van der Waals surface area contributed by atoms with Crippen LogP contribution < -0.4 is 5.32 Å². The number of nitrogens with zero attached hydrogens (tertiary/aromatic N) is 2. The molecule has 0 atom stereocenters. The number of benzene rings is 1. The number of anilines is 1. The van der Waals surface area contributed by atoms with E-state index in [0.29, 0.717) is 17.9 Å². The number of nitrogens with one attached hydrogen (secondary N) is 1. The number of rotatable bonds is 3. The highest BCUT2D eigenvalue weighted by molar-refractivity contribution is 5.85. The topological polar surface area (TPSA) is 29.9 Å². The van der Waals surface area contributed by atoms with Gasteiger partial charge in [-0.15, -0.1) is 12.4 Å². The Morgan fingerprint density at radius 2 is 1.78 bits per heavy atom. The van der Waals surface area contributed by atoms with E-state index < -0.39 is 11.6 Å². The van der Waals surface area contributed by atoms with Crippen LogP contribution in [-0.4, -0.2) is 9.78 Å². The minimum Gasteiger partial charge on any atom is -0.365 e. The third kappa shape index (κ3) is 3.43. The van der Waals surface area contributed by atoms with Crippen molar-refractivity contribution >= 4 is 18.2 Å². The first-order valence-corrected chi connectivity index (χ1v) is 5.24. The van der Waals surface area contributed by atoms with Gasteiger partial charge >= 0.3 is 0 Å². The van der Waals surface area contributed by atoms with Gasteiger partial charge in [0.15, 0.2) is 0 Å². The molecule has 0 aliphatic rings. The molecule has 0 spiro atoms. The third-order valence-corrected chi connectivity index (χ3v) is 2.51. The van der Waals surface area contributed by atoms with Gasteiger partial charge in [-0.05, 0) is 24.6 Å². The van der Waals surface area contributed by atoms with E-state index in [-0.39, 0.29) is 12.4 Å². The highest BCUT2D eigenvalue weighted by Gasteiger charge is 2.03. The van der Waals surface area contributed by atoms with Crippen LogP contribution in [0.15, 0.2) is 24.3 Å². The molecular formula is C12H14ClF2N3. The van der Waals surface area contributed by atoms with Crippen molar-refractivity contribution in [1.82, 2.24) is 9.78 Å². The number of aromatic nitrogens is 2. The van der Waals surface area contributed by atoms with Crippen LogP contribution in [0.3, 0.4) is 0 Å². The van der Waals surface area contributed by atoms with Crippen molar-refractivity contribution in [3.05, 3.63) is 47.2 Å². The molecule has 0 saturated heterocycles. The van der Waals surface area contributed by atoms with Gasteiger partial charge in [0.1, 0.15) is 17.5 Å². The van der Waals surface area contributed by atoms with Crippen LogP contribution in [0, 0.1) is 18.6 Å². The maximum atomic E-state index is 12.9. The normalized spacial score (nSPS) is 10.0. The molecule has 0 aliphatic heterocycles. The molecule has 98 valence electrons. The maximum absolute atomic E-state index is 12.9. The Balaban J connectivity index is 0.00000162. The zero-order chi connectivity index (χ0) is 12.4. The molecule has 3 nitrogen and oxygen atoms in total. The van der Waals surface area contributed by atoms with E-state index in [2.05, 4.69) is 10.4 Å². The van der Waals surface area contributed by atoms with Crippen molar-refractivity contribution in [3.63, 3.8) is 0 Å². The molecule has 0 fully saturated rings. The van der Waals surface area contributed by atoms with Gasteiger partial charge in [0.05, 0.1) is 0 Å². The van der Waals surface area contributed by atoms with Gasteiger partial charge in [-0.1, -0.05) is 0 Å². The summed E-state index contributed by atoms with van der Waals surface area (Å²) in [6.07, 6.45) is 0. The predicted molar refractivity (Wildman–Crippen MR) is 68.9 cm³/mol. The summed E-state index contributed by atoms with van der Waals surface area (Å²) in [5.74, 6) is -0.451. The Kier molecular flexibility index (Phi) is 4.67. The minimum absolute atomic E-state index is 0. The van der Waals surface area contributed by atoms with Crippen LogP contribution in [0.4, 0.5) is 14.6 Å². The van der Waals surface area contributed by atoms with E-state index in [1.54, 1.807) is 4.68 Å². The van der Waals surface area contributed by atoms with Crippen LogP contribution in [-0.2, 0) is 13.6 Å². The third-order valence-electron chi connectivity index (χ3n) is 2.51. The first-order valence-electron chi connectivity index (χ1n) is 5.24. The number of aryl methyl sites for hydroxylation is 2. The maximum Gasteiger partial charge on any atom is 0.148 e. The Bertz CT molecular complexity index is 500. The predicted octanol–water partition coefficient (Wildman–Crippen LogP) is 3.04. The second-order valence-electron chi connectivity index (χ2n) is 3.93. The average molecular weight is 274 g/mol. The molecule has 2 rings (SSSR count). The molecule has 2 aromatic rings. The lowest BCUT2D eigenvalue weighted by Gasteiger charge is -2.03. The summed E-state index contributed by atoms with van der Waals surface area (Å²) < 4.78 is 27.6. The van der Waals surface area contributed by atoms with Crippen LogP contribution in [0.25, 0.3) is 0 Å². The Labute approximate surface area is 110 Å². The second kappa shape index (κ2) is 5.82. The highest BCUT2D eigenvalue weighted by atomic mass is 35.5. The summed E-state index contributed by atoms with van der Waals surface area (Å²) in [7, 11) is 1.84. The molecule has 0 radical (unpaired) electrons. The molecule has 6 heteroatoms. The zero-order valence-corrected chi connectivity index (χ0v) is 10.9. The first-order chi connectivity index (χ1) is 8.04. The molecule has 0 aliphatic carbocycles. The van der Waals surface area contributed by atoms with Gasteiger partial charge in [0.2, 0.25) is 0 Å². The van der Waals surface area contributed by atoms with E-state index in [1.807, 2.05) is 20.0 Å². The fourth-order valence-electron chi connectivity index (χ4n) is 1.55. The van der Waals surface area contributed by atoms with E-state index in [4.69, 9.17) is 0 Å². The summed E-state index contributed by atoms with van der Waals surface area (Å²) in [5.41, 5.74) is 1.56. The Morgan fingerprint density at radius 3 is 2.28 bits per heavy atom. The SMILES string of the molecule is Cc1cc(NCc2cc(F)cc(F)c2)nn1C.Cl. The van der Waals surface area contributed by atoms with Crippen LogP contribution >= 0.6 is 12.4 Å². The Hall–Kier alpha value is -1.62. The molecule has 1 N–H and O–H groups in total. The smallest absolute Gasteiger partial charge is 0.148 e. The summed E-state index contributed by atoms with van der Waals surface area (Å²) >= 11 is 0. The zero-order valence-electron chi connectivity index (χ0n) is 10.1. The van der Waals surface area contributed by atoms with E-state index >= 15 is 0 Å². The lowest BCUT2D eigenvalue weighted by Crippen LogP contribution is -2.02. The molecule has 0 amide bonds. The van der Waals surface area contributed by atoms with Gasteiger partial charge in [0.25, 0.3) is 0 Å².